The summed E-state index contributed by atoms with van der Waals surface area (Å²) in [4.78, 5) is 35.6. The summed E-state index contributed by atoms with van der Waals surface area (Å²) in [5.74, 6) is -1.26. The number of rotatable bonds is 8. The molecule has 0 bridgehead atoms. The van der Waals surface area contributed by atoms with E-state index in [1.807, 2.05) is 6.92 Å². The molecule has 2 aromatic rings. The maximum Gasteiger partial charge on any atom is 0.279 e. The van der Waals surface area contributed by atoms with Gasteiger partial charge < -0.3 is 14.8 Å². The topological polar surface area (TPSA) is 106 Å². The summed E-state index contributed by atoms with van der Waals surface area (Å²) < 4.78 is 23.9. The zero-order valence-electron chi connectivity index (χ0n) is 16.0. The fourth-order valence-electron chi connectivity index (χ4n) is 2.21. The Hall–Kier alpha value is -3.62. The molecule has 0 saturated heterocycles. The van der Waals surface area contributed by atoms with E-state index in [2.05, 4.69) is 16.2 Å². The van der Waals surface area contributed by atoms with Crippen LogP contribution in [-0.4, -0.2) is 37.0 Å². The Morgan fingerprint density at radius 3 is 2.38 bits per heavy atom. The van der Waals surface area contributed by atoms with E-state index >= 15 is 0 Å². The summed E-state index contributed by atoms with van der Waals surface area (Å²) in [7, 11) is 0. The number of hydrogen-bond acceptors (Lipinski definition) is 5. The van der Waals surface area contributed by atoms with Crippen LogP contribution in [0.25, 0.3) is 0 Å². The van der Waals surface area contributed by atoms with Crippen molar-refractivity contribution in [1.82, 2.24) is 16.2 Å². The first-order valence-electron chi connectivity index (χ1n) is 8.91. The highest BCUT2D eigenvalue weighted by atomic mass is 19.1. The first-order valence-corrected chi connectivity index (χ1v) is 8.91. The van der Waals surface area contributed by atoms with Crippen LogP contribution in [0.15, 0.2) is 48.5 Å². The molecule has 2 rings (SSSR count). The van der Waals surface area contributed by atoms with Gasteiger partial charge in [-0.25, -0.2) is 4.39 Å². The second-order valence-electron chi connectivity index (χ2n) is 5.89. The lowest BCUT2D eigenvalue weighted by Gasteiger charge is -2.15. The fourth-order valence-corrected chi connectivity index (χ4v) is 2.21. The van der Waals surface area contributed by atoms with Crippen molar-refractivity contribution < 1.29 is 28.2 Å². The van der Waals surface area contributed by atoms with Gasteiger partial charge in [0.2, 0.25) is 0 Å². The van der Waals surface area contributed by atoms with Gasteiger partial charge in [0, 0.05) is 5.56 Å². The quantitative estimate of drug-likeness (QED) is 0.580. The van der Waals surface area contributed by atoms with Gasteiger partial charge in [0.15, 0.2) is 6.10 Å². The van der Waals surface area contributed by atoms with Crippen molar-refractivity contribution in [2.24, 2.45) is 0 Å². The number of halogens is 1. The Labute approximate surface area is 167 Å². The third kappa shape index (κ3) is 7.13. The predicted molar refractivity (Wildman–Crippen MR) is 103 cm³/mol. The smallest absolute Gasteiger partial charge is 0.279 e. The maximum absolute atomic E-state index is 13.1. The third-order valence-corrected chi connectivity index (χ3v) is 3.64. The van der Waals surface area contributed by atoms with Gasteiger partial charge >= 0.3 is 0 Å². The van der Waals surface area contributed by atoms with Gasteiger partial charge in [-0.1, -0.05) is 6.07 Å². The molecule has 1 unspecified atom stereocenters. The van der Waals surface area contributed by atoms with E-state index in [4.69, 9.17) is 9.47 Å². The van der Waals surface area contributed by atoms with Crippen LogP contribution in [0.3, 0.4) is 0 Å². The molecule has 1 atom stereocenters. The first-order chi connectivity index (χ1) is 13.9. The monoisotopic (exact) mass is 403 g/mol. The van der Waals surface area contributed by atoms with Crippen molar-refractivity contribution in [1.29, 1.82) is 0 Å². The summed E-state index contributed by atoms with van der Waals surface area (Å²) >= 11 is 0. The van der Waals surface area contributed by atoms with Crippen LogP contribution in [-0.2, 0) is 9.59 Å². The normalized spacial score (nSPS) is 11.1. The van der Waals surface area contributed by atoms with E-state index in [1.165, 1.54) is 25.1 Å². The highest BCUT2D eigenvalue weighted by molar-refractivity contribution is 5.96. The van der Waals surface area contributed by atoms with Crippen molar-refractivity contribution in [3.8, 4) is 11.5 Å². The van der Waals surface area contributed by atoms with Crippen molar-refractivity contribution >= 4 is 17.7 Å². The molecule has 0 heterocycles. The van der Waals surface area contributed by atoms with Crippen LogP contribution in [0.2, 0.25) is 0 Å². The van der Waals surface area contributed by atoms with Crippen LogP contribution in [0.5, 0.6) is 11.5 Å². The van der Waals surface area contributed by atoms with Crippen LogP contribution in [0.1, 0.15) is 24.2 Å². The number of ether oxygens (including phenoxy) is 2. The maximum atomic E-state index is 13.1. The molecule has 0 aromatic heterocycles. The van der Waals surface area contributed by atoms with E-state index in [-0.39, 0.29) is 5.56 Å². The van der Waals surface area contributed by atoms with Gasteiger partial charge in [0.25, 0.3) is 17.7 Å². The molecule has 2 aromatic carbocycles. The summed E-state index contributed by atoms with van der Waals surface area (Å²) in [5, 5.41) is 2.32. The number of hydrogen-bond donors (Lipinski definition) is 3. The molecular formula is C20H22FN3O5. The summed E-state index contributed by atoms with van der Waals surface area (Å²) in [6.45, 7) is 3.53. The van der Waals surface area contributed by atoms with Gasteiger partial charge in [0.05, 0.1) is 13.2 Å². The first kappa shape index (κ1) is 21.7. The van der Waals surface area contributed by atoms with Crippen molar-refractivity contribution in [2.75, 3.05) is 13.2 Å². The molecule has 9 heteroatoms. The SMILES string of the molecule is CCOc1ccc(OC(C)C(=O)NNC(=O)CNC(=O)c2cccc(F)c2)cc1. The van der Waals surface area contributed by atoms with E-state index in [0.717, 1.165) is 6.07 Å². The van der Waals surface area contributed by atoms with Crippen LogP contribution in [0.4, 0.5) is 4.39 Å². The number of nitrogens with one attached hydrogen (secondary N) is 3. The molecule has 0 fully saturated rings. The van der Waals surface area contributed by atoms with E-state index in [9.17, 15) is 18.8 Å². The van der Waals surface area contributed by atoms with Gasteiger partial charge in [-0.3, -0.25) is 25.2 Å². The minimum Gasteiger partial charge on any atom is -0.494 e. The van der Waals surface area contributed by atoms with Gasteiger partial charge in [-0.15, -0.1) is 0 Å². The number of carbonyl (C=O) groups excluding carboxylic acids is 3. The number of amides is 3. The van der Waals surface area contributed by atoms with Crippen LogP contribution < -0.4 is 25.6 Å². The van der Waals surface area contributed by atoms with E-state index in [1.54, 1.807) is 24.3 Å². The molecule has 3 N–H and O–H groups in total. The average molecular weight is 403 g/mol. The molecule has 154 valence electrons. The lowest BCUT2D eigenvalue weighted by atomic mass is 10.2. The molecule has 3 amide bonds. The summed E-state index contributed by atoms with van der Waals surface area (Å²) in [6.07, 6.45) is -0.880. The number of hydrazine groups is 1. The van der Waals surface area contributed by atoms with Gasteiger partial charge in [-0.05, 0) is 56.3 Å². The lowest BCUT2D eigenvalue weighted by molar-refractivity contribution is -0.132. The molecule has 0 aliphatic carbocycles. The van der Waals surface area contributed by atoms with Crippen molar-refractivity contribution in [3.05, 3.63) is 59.9 Å². The van der Waals surface area contributed by atoms with Crippen LogP contribution in [0, 0.1) is 5.82 Å². The Balaban J connectivity index is 1.73. The lowest BCUT2D eigenvalue weighted by Crippen LogP contribution is -2.50. The number of carbonyl (C=O) groups is 3. The Morgan fingerprint density at radius 2 is 1.72 bits per heavy atom. The molecule has 0 saturated carbocycles. The molecule has 0 aliphatic heterocycles. The summed E-state index contributed by atoms with van der Waals surface area (Å²) in [5.41, 5.74) is 4.46. The minimum atomic E-state index is -0.880. The second-order valence-corrected chi connectivity index (χ2v) is 5.89. The van der Waals surface area contributed by atoms with Gasteiger partial charge in [-0.2, -0.15) is 0 Å². The highest BCUT2D eigenvalue weighted by Crippen LogP contribution is 2.18. The average Bonchev–Trinajstić information content (AvgIpc) is 2.71. The Bertz CT molecular complexity index is 857. The zero-order valence-corrected chi connectivity index (χ0v) is 16.0. The number of benzene rings is 2. The van der Waals surface area contributed by atoms with Crippen LogP contribution >= 0.6 is 0 Å². The third-order valence-electron chi connectivity index (χ3n) is 3.64. The molecule has 0 spiro atoms. The molecular weight excluding hydrogens is 381 g/mol. The fraction of sp³-hybridized carbons (Fsp3) is 0.250. The Kier molecular flexibility index (Phi) is 7.96. The van der Waals surface area contributed by atoms with Crippen molar-refractivity contribution in [3.63, 3.8) is 0 Å². The van der Waals surface area contributed by atoms with Gasteiger partial charge in [0.1, 0.15) is 17.3 Å². The zero-order chi connectivity index (χ0) is 21.2. The standard InChI is InChI=1S/C20H22FN3O5/c1-3-28-16-7-9-17(10-8-16)29-13(2)19(26)24-23-18(25)12-22-20(27)14-5-4-6-15(21)11-14/h4-11,13H,3,12H2,1-2H3,(H,22,27)(H,23,25)(H,24,26). The molecule has 0 radical (unpaired) electrons. The Morgan fingerprint density at radius 1 is 1.03 bits per heavy atom. The van der Waals surface area contributed by atoms with E-state index < -0.39 is 36.2 Å². The summed E-state index contributed by atoms with van der Waals surface area (Å²) in [6, 6.07) is 11.8. The van der Waals surface area contributed by atoms with Crippen molar-refractivity contribution in [2.45, 2.75) is 20.0 Å². The molecule has 8 nitrogen and oxygen atoms in total. The molecule has 0 aliphatic rings. The minimum absolute atomic E-state index is 0.0826. The highest BCUT2D eigenvalue weighted by Gasteiger charge is 2.16. The predicted octanol–water partition coefficient (Wildman–Crippen LogP) is 1.57. The van der Waals surface area contributed by atoms with E-state index in [0.29, 0.717) is 18.1 Å². The molecule has 29 heavy (non-hydrogen) atoms. The second kappa shape index (κ2) is 10.6. The largest absolute Gasteiger partial charge is 0.494 e.